The molecule has 106 valence electrons. The summed E-state index contributed by atoms with van der Waals surface area (Å²) < 4.78 is 5.44. The van der Waals surface area contributed by atoms with Gasteiger partial charge in [0, 0.05) is 32.2 Å². The molecule has 2 rings (SSSR count). The molecule has 19 heavy (non-hydrogen) atoms. The number of rotatable bonds is 5. The molecular formula is C15H25N3O. The minimum Gasteiger partial charge on any atom is -0.495 e. The lowest BCUT2D eigenvalue weighted by molar-refractivity contribution is 0.190. The second-order valence-electron chi connectivity index (χ2n) is 5.12. The summed E-state index contributed by atoms with van der Waals surface area (Å²) in [5, 5.41) is 0. The van der Waals surface area contributed by atoms with Gasteiger partial charge in [-0.05, 0) is 32.0 Å². The maximum atomic E-state index is 5.64. The molecule has 1 atom stereocenters. The fraction of sp³-hybridized carbons (Fsp3) is 0.600. The maximum absolute atomic E-state index is 5.64. The summed E-state index contributed by atoms with van der Waals surface area (Å²) in [6.45, 7) is 7.34. The summed E-state index contributed by atoms with van der Waals surface area (Å²) in [5.41, 5.74) is 6.84. The van der Waals surface area contributed by atoms with Crippen molar-refractivity contribution >= 4 is 5.69 Å². The molecule has 0 bridgehead atoms. The molecule has 1 aromatic rings. The summed E-state index contributed by atoms with van der Waals surface area (Å²) in [6, 6.07) is 8.84. The van der Waals surface area contributed by atoms with Gasteiger partial charge < -0.3 is 15.4 Å². The third kappa shape index (κ3) is 3.39. The first-order valence-electron chi connectivity index (χ1n) is 7.08. The van der Waals surface area contributed by atoms with Crippen LogP contribution in [0.15, 0.2) is 24.3 Å². The Bertz CT molecular complexity index is 389. The third-order valence-corrected chi connectivity index (χ3v) is 3.95. The van der Waals surface area contributed by atoms with Crippen molar-refractivity contribution in [1.29, 1.82) is 0 Å². The van der Waals surface area contributed by atoms with Gasteiger partial charge >= 0.3 is 0 Å². The Balaban J connectivity index is 1.96. The van der Waals surface area contributed by atoms with Crippen LogP contribution in [-0.4, -0.2) is 50.8 Å². The molecule has 2 N–H and O–H groups in total. The van der Waals surface area contributed by atoms with Crippen LogP contribution in [0.5, 0.6) is 5.75 Å². The van der Waals surface area contributed by atoms with E-state index in [4.69, 9.17) is 10.5 Å². The number of nitrogens with two attached hydrogens (primary N) is 1. The Morgan fingerprint density at radius 1 is 1.21 bits per heavy atom. The maximum Gasteiger partial charge on any atom is 0.142 e. The summed E-state index contributed by atoms with van der Waals surface area (Å²) in [7, 11) is 1.73. The van der Waals surface area contributed by atoms with E-state index in [1.54, 1.807) is 7.11 Å². The van der Waals surface area contributed by atoms with Gasteiger partial charge in [-0.3, -0.25) is 4.90 Å². The van der Waals surface area contributed by atoms with Crippen LogP contribution in [-0.2, 0) is 0 Å². The molecule has 4 heteroatoms. The predicted octanol–water partition coefficient (Wildman–Crippen LogP) is 1.55. The van der Waals surface area contributed by atoms with Crippen LogP contribution in [0.25, 0.3) is 0 Å². The number of hydrogen-bond acceptors (Lipinski definition) is 4. The zero-order valence-corrected chi connectivity index (χ0v) is 12.0. The molecule has 1 aliphatic rings. The average molecular weight is 263 g/mol. The Labute approximate surface area is 116 Å². The highest BCUT2D eigenvalue weighted by molar-refractivity contribution is 5.58. The first-order chi connectivity index (χ1) is 9.26. The van der Waals surface area contributed by atoms with Crippen molar-refractivity contribution in [2.24, 2.45) is 5.73 Å². The standard InChI is InChI=1S/C15H25N3O/c1-13(7-8-16)17-9-11-18(12-10-17)14-5-3-4-6-15(14)19-2/h3-6,13H,7-12,16H2,1-2H3. The fourth-order valence-electron chi connectivity index (χ4n) is 2.72. The number of nitrogens with zero attached hydrogens (tertiary/aromatic N) is 2. The van der Waals surface area contributed by atoms with Crippen molar-refractivity contribution in [2.45, 2.75) is 19.4 Å². The molecule has 1 heterocycles. The highest BCUT2D eigenvalue weighted by Gasteiger charge is 2.22. The van der Waals surface area contributed by atoms with E-state index >= 15 is 0 Å². The topological polar surface area (TPSA) is 41.7 Å². The van der Waals surface area contributed by atoms with Gasteiger partial charge in [-0.25, -0.2) is 0 Å². The second-order valence-corrected chi connectivity index (χ2v) is 5.12. The van der Waals surface area contributed by atoms with Crippen LogP contribution < -0.4 is 15.4 Å². The van der Waals surface area contributed by atoms with E-state index in [0.29, 0.717) is 6.04 Å². The minimum absolute atomic E-state index is 0.588. The van der Waals surface area contributed by atoms with E-state index in [1.807, 2.05) is 12.1 Å². The van der Waals surface area contributed by atoms with E-state index in [2.05, 4.69) is 28.9 Å². The number of hydrogen-bond donors (Lipinski definition) is 1. The first-order valence-corrected chi connectivity index (χ1v) is 7.08. The largest absolute Gasteiger partial charge is 0.495 e. The van der Waals surface area contributed by atoms with Crippen LogP contribution in [0.1, 0.15) is 13.3 Å². The van der Waals surface area contributed by atoms with Crippen LogP contribution in [0.3, 0.4) is 0 Å². The van der Waals surface area contributed by atoms with Crippen LogP contribution >= 0.6 is 0 Å². The quantitative estimate of drug-likeness (QED) is 0.875. The van der Waals surface area contributed by atoms with E-state index in [9.17, 15) is 0 Å². The molecule has 1 unspecified atom stereocenters. The van der Waals surface area contributed by atoms with E-state index in [-0.39, 0.29) is 0 Å². The summed E-state index contributed by atoms with van der Waals surface area (Å²) >= 11 is 0. The molecular weight excluding hydrogens is 238 g/mol. The number of ether oxygens (including phenoxy) is 1. The highest BCUT2D eigenvalue weighted by atomic mass is 16.5. The van der Waals surface area contributed by atoms with Gasteiger partial charge in [0.25, 0.3) is 0 Å². The Morgan fingerprint density at radius 2 is 1.89 bits per heavy atom. The molecule has 1 aliphatic heterocycles. The SMILES string of the molecule is COc1ccccc1N1CCN(C(C)CCN)CC1. The Morgan fingerprint density at radius 3 is 2.53 bits per heavy atom. The molecule has 0 aromatic heterocycles. The molecule has 0 radical (unpaired) electrons. The summed E-state index contributed by atoms with van der Waals surface area (Å²) in [4.78, 5) is 4.93. The highest BCUT2D eigenvalue weighted by Crippen LogP contribution is 2.28. The minimum atomic E-state index is 0.588. The van der Waals surface area contributed by atoms with Crippen LogP contribution in [0, 0.1) is 0 Å². The Kier molecular flexibility index (Phi) is 5.05. The molecule has 1 aromatic carbocycles. The summed E-state index contributed by atoms with van der Waals surface area (Å²) in [5.74, 6) is 0.964. The van der Waals surface area contributed by atoms with Crippen molar-refractivity contribution < 1.29 is 4.74 Å². The number of benzene rings is 1. The van der Waals surface area contributed by atoms with Crippen molar-refractivity contribution in [1.82, 2.24) is 4.90 Å². The van der Waals surface area contributed by atoms with Gasteiger partial charge in [0.15, 0.2) is 0 Å². The monoisotopic (exact) mass is 263 g/mol. The van der Waals surface area contributed by atoms with Crippen molar-refractivity contribution in [3.63, 3.8) is 0 Å². The molecule has 4 nitrogen and oxygen atoms in total. The number of para-hydroxylation sites is 2. The van der Waals surface area contributed by atoms with E-state index in [1.165, 1.54) is 5.69 Å². The molecule has 0 amide bonds. The molecule has 0 aliphatic carbocycles. The molecule has 1 fully saturated rings. The Hall–Kier alpha value is -1.26. The van der Waals surface area contributed by atoms with Crippen molar-refractivity contribution in [3.8, 4) is 5.75 Å². The van der Waals surface area contributed by atoms with Crippen molar-refractivity contribution in [3.05, 3.63) is 24.3 Å². The van der Waals surface area contributed by atoms with Gasteiger partial charge in [-0.1, -0.05) is 12.1 Å². The van der Waals surface area contributed by atoms with Gasteiger partial charge in [0.1, 0.15) is 5.75 Å². The van der Waals surface area contributed by atoms with Crippen LogP contribution in [0.2, 0.25) is 0 Å². The molecule has 1 saturated heterocycles. The zero-order valence-electron chi connectivity index (χ0n) is 12.0. The van der Waals surface area contributed by atoms with E-state index in [0.717, 1.165) is 44.9 Å². The fourth-order valence-corrected chi connectivity index (χ4v) is 2.72. The lowest BCUT2D eigenvalue weighted by atomic mass is 10.1. The lowest BCUT2D eigenvalue weighted by Gasteiger charge is -2.39. The third-order valence-electron chi connectivity index (χ3n) is 3.95. The number of methoxy groups -OCH3 is 1. The van der Waals surface area contributed by atoms with E-state index < -0.39 is 0 Å². The van der Waals surface area contributed by atoms with Gasteiger partial charge in [-0.2, -0.15) is 0 Å². The lowest BCUT2D eigenvalue weighted by Crippen LogP contribution is -2.50. The van der Waals surface area contributed by atoms with Crippen molar-refractivity contribution in [2.75, 3.05) is 44.7 Å². The second kappa shape index (κ2) is 6.78. The molecule has 0 spiro atoms. The van der Waals surface area contributed by atoms with Crippen LogP contribution in [0.4, 0.5) is 5.69 Å². The van der Waals surface area contributed by atoms with Gasteiger partial charge in [-0.15, -0.1) is 0 Å². The van der Waals surface area contributed by atoms with Gasteiger partial charge in [0.2, 0.25) is 0 Å². The normalized spacial score (nSPS) is 18.4. The number of piperazine rings is 1. The molecule has 0 saturated carbocycles. The first kappa shape index (κ1) is 14.2. The smallest absolute Gasteiger partial charge is 0.142 e. The van der Waals surface area contributed by atoms with Gasteiger partial charge in [0.05, 0.1) is 12.8 Å². The predicted molar refractivity (Wildman–Crippen MR) is 79.9 cm³/mol. The summed E-state index contributed by atoms with van der Waals surface area (Å²) in [6.07, 6.45) is 1.08. The average Bonchev–Trinajstić information content (AvgIpc) is 2.47. The zero-order chi connectivity index (χ0) is 13.7. The number of anilines is 1.